The van der Waals surface area contributed by atoms with Crippen molar-refractivity contribution >= 4 is 27.5 Å². The number of alkyl halides is 1. The zero-order chi connectivity index (χ0) is 10.7. The van der Waals surface area contributed by atoms with Crippen molar-refractivity contribution in [2.45, 2.75) is 12.3 Å². The summed E-state index contributed by atoms with van der Waals surface area (Å²) in [5.41, 5.74) is 1.12. The third-order valence-corrected chi connectivity index (χ3v) is 2.93. The van der Waals surface area contributed by atoms with E-state index in [0.29, 0.717) is 18.1 Å². The van der Waals surface area contributed by atoms with Gasteiger partial charge in [-0.25, -0.2) is 0 Å². The summed E-state index contributed by atoms with van der Waals surface area (Å²) in [6, 6.07) is 7.94. The van der Waals surface area contributed by atoms with E-state index in [1.54, 1.807) is 0 Å². The first-order valence-electron chi connectivity index (χ1n) is 4.40. The predicted molar refractivity (Wildman–Crippen MR) is 60.8 cm³/mol. The molecule has 0 unspecified atom stereocenters. The van der Waals surface area contributed by atoms with Crippen LogP contribution >= 0.6 is 27.5 Å². The van der Waals surface area contributed by atoms with Gasteiger partial charge in [0.25, 0.3) is 0 Å². The first-order chi connectivity index (χ1) is 7.29. The zero-order valence-electron chi connectivity index (χ0n) is 7.78. The number of aromatic nitrogens is 2. The number of nitrogens with zero attached hydrogens (tertiary/aromatic N) is 2. The average Bonchev–Trinajstić information content (AvgIpc) is 2.69. The lowest BCUT2D eigenvalue weighted by molar-refractivity contribution is 0.385. The summed E-state index contributed by atoms with van der Waals surface area (Å²) in [6.45, 7) is 0. The maximum Gasteiger partial charge on any atom is 0.241 e. The molecule has 0 saturated carbocycles. The number of halogens is 2. The highest BCUT2D eigenvalue weighted by Crippen LogP contribution is 2.18. The van der Waals surface area contributed by atoms with Crippen molar-refractivity contribution in [3.8, 4) is 0 Å². The normalized spacial score (nSPS) is 10.5. The molecular formula is C10H8BrClN2O. The molecule has 15 heavy (non-hydrogen) atoms. The molecule has 1 heterocycles. The lowest BCUT2D eigenvalue weighted by Crippen LogP contribution is -1.92. The molecule has 1 aromatic heterocycles. The molecule has 3 nitrogen and oxygen atoms in total. The second-order valence-corrected chi connectivity index (χ2v) is 4.13. The summed E-state index contributed by atoms with van der Waals surface area (Å²) < 4.78 is 5.96. The highest BCUT2D eigenvalue weighted by molar-refractivity contribution is 9.10. The monoisotopic (exact) mass is 286 g/mol. The quantitative estimate of drug-likeness (QED) is 0.814. The van der Waals surface area contributed by atoms with Crippen molar-refractivity contribution in [3.05, 3.63) is 46.0 Å². The molecule has 1 aromatic carbocycles. The molecule has 0 atom stereocenters. The van der Waals surface area contributed by atoms with Crippen molar-refractivity contribution in [3.63, 3.8) is 0 Å². The molecule has 2 aromatic rings. The highest BCUT2D eigenvalue weighted by Gasteiger charge is 2.07. The summed E-state index contributed by atoms with van der Waals surface area (Å²) in [4.78, 5) is 4.13. The third kappa shape index (κ3) is 2.58. The Bertz CT molecular complexity index is 458. The van der Waals surface area contributed by atoms with Crippen molar-refractivity contribution in [2.75, 3.05) is 0 Å². The van der Waals surface area contributed by atoms with Gasteiger partial charge in [-0.1, -0.05) is 39.3 Å². The van der Waals surface area contributed by atoms with Crippen LogP contribution in [-0.4, -0.2) is 10.1 Å². The molecule has 0 amide bonds. The van der Waals surface area contributed by atoms with Gasteiger partial charge >= 0.3 is 0 Å². The van der Waals surface area contributed by atoms with Crippen LogP contribution in [0, 0.1) is 0 Å². The van der Waals surface area contributed by atoms with Gasteiger partial charge < -0.3 is 4.52 Å². The van der Waals surface area contributed by atoms with E-state index in [2.05, 4.69) is 26.1 Å². The van der Waals surface area contributed by atoms with E-state index in [0.717, 1.165) is 10.0 Å². The molecule has 0 fully saturated rings. The van der Waals surface area contributed by atoms with Crippen molar-refractivity contribution in [1.29, 1.82) is 0 Å². The second kappa shape index (κ2) is 4.77. The lowest BCUT2D eigenvalue weighted by Gasteiger charge is -1.99. The Kier molecular flexibility index (Phi) is 3.38. The summed E-state index contributed by atoms with van der Waals surface area (Å²) >= 11 is 9.03. The van der Waals surface area contributed by atoms with E-state index < -0.39 is 0 Å². The van der Waals surface area contributed by atoms with Gasteiger partial charge in [-0.15, -0.1) is 11.6 Å². The molecule has 0 bridgehead atoms. The second-order valence-electron chi connectivity index (χ2n) is 3.01. The van der Waals surface area contributed by atoms with Crippen LogP contribution in [0.1, 0.15) is 17.3 Å². The van der Waals surface area contributed by atoms with Gasteiger partial charge in [0, 0.05) is 10.9 Å². The van der Waals surface area contributed by atoms with Gasteiger partial charge in [0.05, 0.1) is 0 Å². The van der Waals surface area contributed by atoms with Gasteiger partial charge in [-0.05, 0) is 11.6 Å². The molecule has 0 aliphatic rings. The van der Waals surface area contributed by atoms with Crippen LogP contribution < -0.4 is 0 Å². The topological polar surface area (TPSA) is 38.9 Å². The number of benzene rings is 1. The SMILES string of the molecule is ClCc1nc(Cc2ccccc2Br)no1. The molecular weight excluding hydrogens is 279 g/mol. The van der Waals surface area contributed by atoms with Crippen LogP contribution in [0.15, 0.2) is 33.3 Å². The van der Waals surface area contributed by atoms with Crippen LogP contribution in [0.25, 0.3) is 0 Å². The Morgan fingerprint density at radius 2 is 2.13 bits per heavy atom. The molecule has 0 aliphatic carbocycles. The summed E-state index contributed by atoms with van der Waals surface area (Å²) in [5, 5.41) is 3.83. The largest absolute Gasteiger partial charge is 0.338 e. The molecule has 0 aliphatic heterocycles. The Labute approximate surface area is 101 Å². The van der Waals surface area contributed by atoms with E-state index >= 15 is 0 Å². The minimum absolute atomic E-state index is 0.253. The Balaban J connectivity index is 2.18. The smallest absolute Gasteiger partial charge is 0.241 e. The Morgan fingerprint density at radius 1 is 1.33 bits per heavy atom. The van der Waals surface area contributed by atoms with Crippen molar-refractivity contribution in [1.82, 2.24) is 10.1 Å². The van der Waals surface area contributed by atoms with Crippen LogP contribution in [-0.2, 0) is 12.3 Å². The fourth-order valence-electron chi connectivity index (χ4n) is 1.23. The maximum atomic E-state index is 5.57. The third-order valence-electron chi connectivity index (χ3n) is 1.93. The van der Waals surface area contributed by atoms with Crippen LogP contribution in [0.5, 0.6) is 0 Å². The van der Waals surface area contributed by atoms with E-state index in [-0.39, 0.29) is 5.88 Å². The Morgan fingerprint density at radius 3 is 2.80 bits per heavy atom. The first-order valence-corrected chi connectivity index (χ1v) is 5.73. The van der Waals surface area contributed by atoms with Crippen molar-refractivity contribution < 1.29 is 4.52 Å². The number of rotatable bonds is 3. The van der Waals surface area contributed by atoms with E-state index in [4.69, 9.17) is 16.1 Å². The first kappa shape index (κ1) is 10.6. The summed E-state index contributed by atoms with van der Waals surface area (Å²) in [5.74, 6) is 1.36. The fourth-order valence-corrected chi connectivity index (χ4v) is 1.76. The van der Waals surface area contributed by atoms with E-state index in [9.17, 15) is 0 Å². The molecule has 5 heteroatoms. The summed E-state index contributed by atoms with van der Waals surface area (Å²) in [7, 11) is 0. The summed E-state index contributed by atoms with van der Waals surface area (Å²) in [6.07, 6.45) is 0.641. The average molecular weight is 288 g/mol. The zero-order valence-corrected chi connectivity index (χ0v) is 10.1. The van der Waals surface area contributed by atoms with E-state index in [1.807, 2.05) is 24.3 Å². The van der Waals surface area contributed by atoms with Crippen LogP contribution in [0.4, 0.5) is 0 Å². The van der Waals surface area contributed by atoms with Gasteiger partial charge in [-0.3, -0.25) is 0 Å². The number of hydrogen-bond acceptors (Lipinski definition) is 3. The minimum Gasteiger partial charge on any atom is -0.338 e. The predicted octanol–water partition coefficient (Wildman–Crippen LogP) is 3.16. The highest BCUT2D eigenvalue weighted by atomic mass is 79.9. The van der Waals surface area contributed by atoms with E-state index in [1.165, 1.54) is 0 Å². The maximum absolute atomic E-state index is 5.57. The molecule has 0 N–H and O–H groups in total. The molecule has 0 spiro atoms. The lowest BCUT2D eigenvalue weighted by atomic mass is 10.1. The number of hydrogen-bond donors (Lipinski definition) is 0. The Hall–Kier alpha value is -0.870. The van der Waals surface area contributed by atoms with Gasteiger partial charge in [0.1, 0.15) is 5.88 Å². The minimum atomic E-state index is 0.253. The van der Waals surface area contributed by atoms with Crippen LogP contribution in [0.2, 0.25) is 0 Å². The fraction of sp³-hybridized carbons (Fsp3) is 0.200. The van der Waals surface area contributed by atoms with Crippen molar-refractivity contribution in [2.24, 2.45) is 0 Å². The van der Waals surface area contributed by atoms with Gasteiger partial charge in [0.15, 0.2) is 5.82 Å². The molecule has 0 saturated heterocycles. The molecule has 2 rings (SSSR count). The van der Waals surface area contributed by atoms with Gasteiger partial charge in [0.2, 0.25) is 5.89 Å². The van der Waals surface area contributed by atoms with Gasteiger partial charge in [-0.2, -0.15) is 4.98 Å². The van der Waals surface area contributed by atoms with Crippen LogP contribution in [0.3, 0.4) is 0 Å². The molecule has 78 valence electrons. The standard InChI is InChI=1S/C10H8BrClN2O/c11-8-4-2-1-3-7(8)5-9-13-10(6-12)15-14-9/h1-4H,5-6H2. The molecule has 0 radical (unpaired) electrons.